The fourth-order valence-corrected chi connectivity index (χ4v) is 5.17. The van der Waals surface area contributed by atoms with E-state index in [1.54, 1.807) is 12.1 Å². The lowest BCUT2D eigenvalue weighted by molar-refractivity contribution is 0.438. The van der Waals surface area contributed by atoms with Gasteiger partial charge in [-0.05, 0) is 43.2 Å². The zero-order chi connectivity index (χ0) is 17.2. The number of nitrogens with zero attached hydrogens (tertiary/aromatic N) is 1. The van der Waals surface area contributed by atoms with Crippen molar-refractivity contribution in [2.75, 3.05) is 4.31 Å². The first-order valence-electron chi connectivity index (χ1n) is 8.05. The number of sulfonamides is 1. The van der Waals surface area contributed by atoms with Crippen LogP contribution in [0.1, 0.15) is 32.1 Å². The molecular formula is C18H19ClFNO2S. The van der Waals surface area contributed by atoms with Gasteiger partial charge in [0.25, 0.3) is 10.0 Å². The molecule has 0 saturated heterocycles. The Balaban J connectivity index is 2.07. The lowest BCUT2D eigenvalue weighted by Crippen LogP contribution is -2.41. The van der Waals surface area contributed by atoms with Crippen molar-refractivity contribution < 1.29 is 12.8 Å². The number of rotatable bonds is 4. The van der Waals surface area contributed by atoms with Crippen LogP contribution in [0, 0.1) is 5.82 Å². The van der Waals surface area contributed by atoms with Crippen LogP contribution in [-0.2, 0) is 10.0 Å². The van der Waals surface area contributed by atoms with Gasteiger partial charge in [0.1, 0.15) is 5.82 Å². The molecule has 1 aliphatic rings. The summed E-state index contributed by atoms with van der Waals surface area (Å²) in [5.41, 5.74) is 0.629. The Morgan fingerprint density at radius 3 is 2.29 bits per heavy atom. The molecule has 1 saturated carbocycles. The smallest absolute Gasteiger partial charge is 0.263 e. The maximum Gasteiger partial charge on any atom is 0.264 e. The number of halogens is 2. The molecule has 0 radical (unpaired) electrons. The molecule has 0 amide bonds. The molecule has 0 N–H and O–H groups in total. The van der Waals surface area contributed by atoms with E-state index in [0.717, 1.165) is 38.2 Å². The lowest BCUT2D eigenvalue weighted by atomic mass is 9.95. The van der Waals surface area contributed by atoms with Crippen LogP contribution in [-0.4, -0.2) is 14.5 Å². The van der Waals surface area contributed by atoms with E-state index in [2.05, 4.69) is 0 Å². The monoisotopic (exact) mass is 367 g/mol. The fourth-order valence-electron chi connectivity index (χ4n) is 3.19. The third kappa shape index (κ3) is 3.42. The van der Waals surface area contributed by atoms with Crippen molar-refractivity contribution in [2.45, 2.75) is 43.0 Å². The number of hydrogen-bond donors (Lipinski definition) is 0. The zero-order valence-electron chi connectivity index (χ0n) is 13.2. The topological polar surface area (TPSA) is 37.4 Å². The van der Waals surface area contributed by atoms with Crippen LogP contribution in [0.4, 0.5) is 10.1 Å². The van der Waals surface area contributed by atoms with Gasteiger partial charge in [0.05, 0.1) is 15.6 Å². The Labute approximate surface area is 147 Å². The van der Waals surface area contributed by atoms with Gasteiger partial charge in [-0.15, -0.1) is 0 Å². The fraction of sp³-hybridized carbons (Fsp3) is 0.333. The molecule has 2 aromatic carbocycles. The van der Waals surface area contributed by atoms with Crippen LogP contribution in [0.15, 0.2) is 53.4 Å². The molecular weight excluding hydrogens is 349 g/mol. The Kier molecular flexibility index (Phi) is 5.11. The largest absolute Gasteiger partial charge is 0.264 e. The predicted octanol–water partition coefficient (Wildman–Crippen LogP) is 5.01. The molecule has 0 aromatic heterocycles. The summed E-state index contributed by atoms with van der Waals surface area (Å²) in [6.45, 7) is 0. The minimum Gasteiger partial charge on any atom is -0.263 e. The predicted molar refractivity (Wildman–Crippen MR) is 94.4 cm³/mol. The van der Waals surface area contributed by atoms with Crippen molar-refractivity contribution >= 4 is 27.3 Å². The molecule has 0 bridgehead atoms. The molecule has 0 unspecified atom stereocenters. The highest BCUT2D eigenvalue weighted by Crippen LogP contribution is 2.33. The van der Waals surface area contributed by atoms with Crippen molar-refractivity contribution in [3.8, 4) is 0 Å². The Bertz CT molecular complexity index is 805. The first-order chi connectivity index (χ1) is 11.5. The standard InChI is InChI=1S/C18H19ClFNO2S/c19-17-13-16(11-12-18(17)20)24(22,23)21(14-7-3-1-4-8-14)15-9-5-2-6-10-15/h1,3-4,7-8,11-13,15H,2,5-6,9-10H2. The number of para-hydroxylation sites is 1. The van der Waals surface area contributed by atoms with Crippen molar-refractivity contribution in [3.63, 3.8) is 0 Å². The van der Waals surface area contributed by atoms with Crippen LogP contribution in [0.2, 0.25) is 5.02 Å². The van der Waals surface area contributed by atoms with Gasteiger partial charge in [0.2, 0.25) is 0 Å². The van der Waals surface area contributed by atoms with Gasteiger partial charge in [-0.1, -0.05) is 49.1 Å². The summed E-state index contributed by atoms with van der Waals surface area (Å²) in [5, 5.41) is -0.187. The maximum atomic E-state index is 13.4. The van der Waals surface area contributed by atoms with E-state index in [1.807, 2.05) is 18.2 Å². The summed E-state index contributed by atoms with van der Waals surface area (Å²) >= 11 is 5.80. The van der Waals surface area contributed by atoms with E-state index in [0.29, 0.717) is 5.69 Å². The van der Waals surface area contributed by atoms with E-state index in [4.69, 9.17) is 11.6 Å². The summed E-state index contributed by atoms with van der Waals surface area (Å²) in [6.07, 6.45) is 4.79. The van der Waals surface area contributed by atoms with Crippen molar-refractivity contribution in [2.24, 2.45) is 0 Å². The lowest BCUT2D eigenvalue weighted by Gasteiger charge is -2.35. The quantitative estimate of drug-likeness (QED) is 0.761. The van der Waals surface area contributed by atoms with E-state index in [-0.39, 0.29) is 16.0 Å². The first kappa shape index (κ1) is 17.2. The van der Waals surface area contributed by atoms with Crippen LogP contribution in [0.25, 0.3) is 0 Å². The molecule has 6 heteroatoms. The van der Waals surface area contributed by atoms with E-state index in [1.165, 1.54) is 16.4 Å². The highest BCUT2D eigenvalue weighted by molar-refractivity contribution is 7.92. The first-order valence-corrected chi connectivity index (χ1v) is 9.86. The molecule has 1 aliphatic carbocycles. The van der Waals surface area contributed by atoms with Gasteiger partial charge in [-0.25, -0.2) is 12.8 Å². The molecule has 0 heterocycles. The van der Waals surface area contributed by atoms with Crippen LogP contribution in [0.5, 0.6) is 0 Å². The second kappa shape index (κ2) is 7.11. The molecule has 0 spiro atoms. The number of anilines is 1. The van der Waals surface area contributed by atoms with Gasteiger partial charge in [0.15, 0.2) is 0 Å². The van der Waals surface area contributed by atoms with Gasteiger partial charge >= 0.3 is 0 Å². The number of benzene rings is 2. The Morgan fingerprint density at radius 2 is 1.67 bits per heavy atom. The van der Waals surface area contributed by atoms with Gasteiger partial charge in [0, 0.05) is 6.04 Å². The van der Waals surface area contributed by atoms with Crippen molar-refractivity contribution in [1.82, 2.24) is 0 Å². The molecule has 2 aromatic rings. The van der Waals surface area contributed by atoms with Crippen LogP contribution < -0.4 is 4.31 Å². The highest BCUT2D eigenvalue weighted by atomic mass is 35.5. The molecule has 128 valence electrons. The van der Waals surface area contributed by atoms with E-state index < -0.39 is 15.8 Å². The Hall–Kier alpha value is -1.59. The average molecular weight is 368 g/mol. The molecule has 3 nitrogen and oxygen atoms in total. The zero-order valence-corrected chi connectivity index (χ0v) is 14.7. The normalized spacial score (nSPS) is 16.1. The number of hydrogen-bond acceptors (Lipinski definition) is 2. The Morgan fingerprint density at radius 1 is 1.00 bits per heavy atom. The summed E-state index contributed by atoms with van der Waals surface area (Å²) in [4.78, 5) is 0.0170. The third-order valence-electron chi connectivity index (χ3n) is 4.36. The van der Waals surface area contributed by atoms with Gasteiger partial charge in [-0.2, -0.15) is 0 Å². The summed E-state index contributed by atoms with van der Waals surface area (Å²) in [5.74, 6) is -0.625. The highest BCUT2D eigenvalue weighted by Gasteiger charge is 2.32. The molecule has 1 fully saturated rings. The van der Waals surface area contributed by atoms with Gasteiger partial charge in [-0.3, -0.25) is 4.31 Å². The maximum absolute atomic E-state index is 13.4. The van der Waals surface area contributed by atoms with E-state index in [9.17, 15) is 12.8 Å². The SMILES string of the molecule is O=S(=O)(c1ccc(F)c(Cl)c1)N(c1ccccc1)C1CCCCC1. The van der Waals surface area contributed by atoms with Crippen LogP contribution in [0.3, 0.4) is 0 Å². The van der Waals surface area contributed by atoms with Crippen molar-refractivity contribution in [3.05, 3.63) is 59.4 Å². The van der Waals surface area contributed by atoms with Gasteiger partial charge < -0.3 is 0 Å². The van der Waals surface area contributed by atoms with Crippen molar-refractivity contribution in [1.29, 1.82) is 0 Å². The average Bonchev–Trinajstić information content (AvgIpc) is 2.59. The second-order valence-electron chi connectivity index (χ2n) is 6.00. The molecule has 0 atom stereocenters. The summed E-state index contributed by atoms with van der Waals surface area (Å²) in [7, 11) is -3.81. The summed E-state index contributed by atoms with van der Waals surface area (Å²) in [6, 6.07) is 12.5. The second-order valence-corrected chi connectivity index (χ2v) is 8.23. The van der Waals surface area contributed by atoms with E-state index >= 15 is 0 Å². The minimum absolute atomic E-state index is 0.0170. The van der Waals surface area contributed by atoms with Crippen LogP contribution >= 0.6 is 11.6 Å². The molecule has 0 aliphatic heterocycles. The summed E-state index contributed by atoms with van der Waals surface area (Å²) < 4.78 is 41.4. The third-order valence-corrected chi connectivity index (χ3v) is 6.53. The molecule has 24 heavy (non-hydrogen) atoms. The minimum atomic E-state index is -3.81. The molecule has 3 rings (SSSR count).